The highest BCUT2D eigenvalue weighted by molar-refractivity contribution is 7.69. The van der Waals surface area contributed by atoms with Gasteiger partial charge in [-0.1, -0.05) is 73.6 Å². The molecule has 1 nitrogen and oxygen atoms in total. The number of hydrogen-bond donors (Lipinski definition) is 0. The number of para-hydroxylation sites is 1. The Morgan fingerprint density at radius 3 is 2.38 bits per heavy atom. The van der Waals surface area contributed by atoms with Crippen LogP contribution in [0.15, 0.2) is 48.5 Å². The quantitative estimate of drug-likeness (QED) is 0.616. The van der Waals surface area contributed by atoms with Gasteiger partial charge in [-0.3, -0.25) is 0 Å². The van der Waals surface area contributed by atoms with Crippen molar-refractivity contribution in [2.24, 2.45) is 0 Å². The molecule has 0 radical (unpaired) electrons. The Balaban J connectivity index is 2.44. The second-order valence-electron chi connectivity index (χ2n) is 5.44. The molecule has 0 heterocycles. The summed E-state index contributed by atoms with van der Waals surface area (Å²) < 4.78 is 5.74. The fourth-order valence-electron chi connectivity index (χ4n) is 2.52. The Bertz CT molecular complexity index is 579. The van der Waals surface area contributed by atoms with Crippen LogP contribution in [0.2, 0.25) is 0 Å². The van der Waals surface area contributed by atoms with Gasteiger partial charge < -0.3 is 4.74 Å². The van der Waals surface area contributed by atoms with Crippen LogP contribution in [0.3, 0.4) is 0 Å². The molecular formula is C18H22ClOP. The second kappa shape index (κ2) is 7.29. The van der Waals surface area contributed by atoms with Crippen molar-refractivity contribution >= 4 is 19.2 Å². The number of benzene rings is 2. The standard InChI is InChI=1S/C18H22ClOP/c1-4-18(2,21-19)16-12-8-11-15(17(16)20-3)13-14-9-6-5-7-10-14/h5-12,21H,4,13H2,1-3H3. The van der Waals surface area contributed by atoms with Gasteiger partial charge in [-0.15, -0.1) is 0 Å². The Morgan fingerprint density at radius 1 is 1.10 bits per heavy atom. The predicted octanol–water partition coefficient (Wildman–Crippen LogP) is 5.74. The second-order valence-corrected chi connectivity index (χ2v) is 7.30. The first-order valence-corrected chi connectivity index (χ1v) is 9.24. The first-order chi connectivity index (χ1) is 10.1. The maximum atomic E-state index is 6.26. The fourth-order valence-corrected chi connectivity index (χ4v) is 3.66. The zero-order chi connectivity index (χ0) is 15.3. The molecule has 2 unspecified atom stereocenters. The van der Waals surface area contributed by atoms with Gasteiger partial charge in [0.1, 0.15) is 5.75 Å². The summed E-state index contributed by atoms with van der Waals surface area (Å²) in [5.41, 5.74) is 3.73. The van der Waals surface area contributed by atoms with Crippen molar-refractivity contribution in [1.82, 2.24) is 0 Å². The molecule has 2 atom stereocenters. The number of halogens is 1. The van der Waals surface area contributed by atoms with E-state index in [0.29, 0.717) is 7.93 Å². The summed E-state index contributed by atoms with van der Waals surface area (Å²) in [6, 6.07) is 16.9. The molecular weight excluding hydrogens is 299 g/mol. The zero-order valence-corrected chi connectivity index (χ0v) is 14.6. The van der Waals surface area contributed by atoms with Crippen LogP contribution < -0.4 is 4.74 Å². The Morgan fingerprint density at radius 2 is 1.81 bits per heavy atom. The highest BCUT2D eigenvalue weighted by Gasteiger charge is 2.28. The van der Waals surface area contributed by atoms with Crippen LogP contribution in [0.4, 0.5) is 0 Å². The third kappa shape index (κ3) is 3.59. The van der Waals surface area contributed by atoms with Gasteiger partial charge in [0.2, 0.25) is 0 Å². The highest BCUT2D eigenvalue weighted by atomic mass is 35.7. The van der Waals surface area contributed by atoms with E-state index in [1.807, 2.05) is 6.07 Å². The van der Waals surface area contributed by atoms with Crippen LogP contribution in [-0.4, -0.2) is 7.11 Å². The molecule has 0 bridgehead atoms. The SMILES string of the molecule is CCC(C)(PCl)c1cccc(Cc2ccccc2)c1OC. The highest BCUT2D eigenvalue weighted by Crippen LogP contribution is 2.50. The lowest BCUT2D eigenvalue weighted by atomic mass is 9.92. The molecule has 0 aromatic heterocycles. The third-order valence-electron chi connectivity index (χ3n) is 4.05. The van der Waals surface area contributed by atoms with Crippen LogP contribution in [0.5, 0.6) is 5.75 Å². The van der Waals surface area contributed by atoms with Gasteiger partial charge in [0.25, 0.3) is 0 Å². The molecule has 0 spiro atoms. The third-order valence-corrected chi connectivity index (χ3v) is 6.34. The Hall–Kier alpha value is -1.04. The summed E-state index contributed by atoms with van der Waals surface area (Å²) >= 11 is 6.26. The first-order valence-electron chi connectivity index (χ1n) is 7.22. The van der Waals surface area contributed by atoms with Gasteiger partial charge in [-0.25, -0.2) is 0 Å². The van der Waals surface area contributed by atoms with E-state index in [-0.39, 0.29) is 5.16 Å². The molecule has 0 fully saturated rings. The molecule has 0 amide bonds. The van der Waals surface area contributed by atoms with E-state index >= 15 is 0 Å². The summed E-state index contributed by atoms with van der Waals surface area (Å²) in [7, 11) is 2.09. The zero-order valence-electron chi connectivity index (χ0n) is 12.8. The summed E-state index contributed by atoms with van der Waals surface area (Å²) in [5.74, 6) is 0.985. The lowest BCUT2D eigenvalue weighted by Gasteiger charge is -2.28. The van der Waals surface area contributed by atoms with Crippen LogP contribution in [0, 0.1) is 0 Å². The molecule has 2 rings (SSSR count). The van der Waals surface area contributed by atoms with Gasteiger partial charge in [0.15, 0.2) is 0 Å². The molecule has 0 saturated carbocycles. The van der Waals surface area contributed by atoms with E-state index in [9.17, 15) is 0 Å². The molecule has 0 aliphatic carbocycles. The number of methoxy groups -OCH3 is 1. The van der Waals surface area contributed by atoms with Crippen molar-refractivity contribution < 1.29 is 4.74 Å². The number of ether oxygens (including phenoxy) is 1. The largest absolute Gasteiger partial charge is 0.496 e. The minimum absolute atomic E-state index is 0.0282. The van der Waals surface area contributed by atoms with Crippen molar-refractivity contribution in [3.63, 3.8) is 0 Å². The van der Waals surface area contributed by atoms with Gasteiger partial charge >= 0.3 is 0 Å². The van der Waals surface area contributed by atoms with Crippen molar-refractivity contribution in [2.75, 3.05) is 7.11 Å². The Labute approximate surface area is 134 Å². The minimum Gasteiger partial charge on any atom is -0.496 e. The molecule has 0 N–H and O–H groups in total. The molecule has 3 heteroatoms. The summed E-state index contributed by atoms with van der Waals surface area (Å²) in [6.45, 7) is 4.39. The lowest BCUT2D eigenvalue weighted by Crippen LogP contribution is -2.15. The van der Waals surface area contributed by atoms with Crippen LogP contribution in [0.1, 0.15) is 37.0 Å². The monoisotopic (exact) mass is 320 g/mol. The fraction of sp³-hybridized carbons (Fsp3) is 0.333. The van der Waals surface area contributed by atoms with Crippen molar-refractivity contribution in [2.45, 2.75) is 31.8 Å². The van der Waals surface area contributed by atoms with Gasteiger partial charge in [0, 0.05) is 17.1 Å². The van der Waals surface area contributed by atoms with Crippen LogP contribution >= 0.6 is 19.2 Å². The molecule has 112 valence electrons. The minimum atomic E-state index is -0.0282. The Kier molecular flexibility index (Phi) is 5.67. The van der Waals surface area contributed by atoms with E-state index < -0.39 is 0 Å². The van der Waals surface area contributed by atoms with Gasteiger partial charge in [-0.05, 0) is 25.5 Å². The first kappa shape index (κ1) is 16.3. The molecule has 0 saturated heterocycles. The molecule has 0 aliphatic rings. The van der Waals surface area contributed by atoms with Crippen molar-refractivity contribution in [1.29, 1.82) is 0 Å². The van der Waals surface area contributed by atoms with E-state index in [1.165, 1.54) is 16.7 Å². The van der Waals surface area contributed by atoms with E-state index in [0.717, 1.165) is 18.6 Å². The topological polar surface area (TPSA) is 9.23 Å². The maximum Gasteiger partial charge on any atom is 0.126 e. The van der Waals surface area contributed by atoms with Crippen LogP contribution in [0.25, 0.3) is 0 Å². The smallest absolute Gasteiger partial charge is 0.126 e. The predicted molar refractivity (Wildman–Crippen MR) is 94.1 cm³/mol. The average Bonchev–Trinajstić information content (AvgIpc) is 2.55. The maximum absolute atomic E-state index is 6.26. The van der Waals surface area contributed by atoms with Crippen LogP contribution in [-0.2, 0) is 11.6 Å². The van der Waals surface area contributed by atoms with Crippen molar-refractivity contribution in [3.05, 3.63) is 65.2 Å². The molecule has 2 aromatic rings. The molecule has 2 aromatic carbocycles. The summed E-state index contributed by atoms with van der Waals surface area (Å²) in [5, 5.41) is -0.0282. The van der Waals surface area contributed by atoms with Gasteiger partial charge in [-0.2, -0.15) is 0 Å². The lowest BCUT2D eigenvalue weighted by molar-refractivity contribution is 0.399. The van der Waals surface area contributed by atoms with E-state index in [1.54, 1.807) is 7.11 Å². The molecule has 21 heavy (non-hydrogen) atoms. The normalized spacial score (nSPS) is 14.3. The number of rotatable bonds is 6. The molecule has 0 aliphatic heterocycles. The van der Waals surface area contributed by atoms with Crippen molar-refractivity contribution in [3.8, 4) is 5.75 Å². The average molecular weight is 321 g/mol. The van der Waals surface area contributed by atoms with E-state index in [2.05, 4.69) is 56.3 Å². The summed E-state index contributed by atoms with van der Waals surface area (Å²) in [4.78, 5) is 0. The number of hydrogen-bond acceptors (Lipinski definition) is 1. The van der Waals surface area contributed by atoms with Gasteiger partial charge in [0.05, 0.1) is 7.11 Å². The summed E-state index contributed by atoms with van der Waals surface area (Å²) in [6.07, 6.45) is 1.88. The van der Waals surface area contributed by atoms with E-state index in [4.69, 9.17) is 16.0 Å².